The molecule has 4 nitrogen and oxygen atoms in total. The summed E-state index contributed by atoms with van der Waals surface area (Å²) in [4.78, 5) is 9.08. The SMILES string of the molecule is Cc1cc([N+]#N)cnc1N(C)C. The first-order valence-corrected chi connectivity index (χ1v) is 3.64. The van der Waals surface area contributed by atoms with E-state index in [9.17, 15) is 0 Å². The van der Waals surface area contributed by atoms with E-state index < -0.39 is 0 Å². The van der Waals surface area contributed by atoms with Crippen LogP contribution in [0.5, 0.6) is 0 Å². The normalized spacial score (nSPS) is 9.17. The molecule has 1 rings (SSSR count). The zero-order valence-electron chi connectivity index (χ0n) is 7.44. The van der Waals surface area contributed by atoms with E-state index in [0.29, 0.717) is 5.69 Å². The molecule has 0 fully saturated rings. The van der Waals surface area contributed by atoms with Crippen molar-refractivity contribution in [2.75, 3.05) is 19.0 Å². The number of rotatable bonds is 1. The highest BCUT2D eigenvalue weighted by Crippen LogP contribution is 2.19. The molecule has 0 atom stereocenters. The summed E-state index contributed by atoms with van der Waals surface area (Å²) in [6.45, 7) is 1.93. The van der Waals surface area contributed by atoms with Crippen LogP contribution in [-0.2, 0) is 0 Å². The van der Waals surface area contributed by atoms with Crippen LogP contribution in [-0.4, -0.2) is 19.1 Å². The Morgan fingerprint density at radius 1 is 1.50 bits per heavy atom. The third-order valence-corrected chi connectivity index (χ3v) is 1.58. The van der Waals surface area contributed by atoms with E-state index in [1.165, 1.54) is 6.20 Å². The Hall–Kier alpha value is -1.63. The van der Waals surface area contributed by atoms with E-state index >= 15 is 0 Å². The van der Waals surface area contributed by atoms with Gasteiger partial charge in [-0.05, 0) is 12.5 Å². The van der Waals surface area contributed by atoms with Crippen molar-refractivity contribution in [2.24, 2.45) is 0 Å². The Kier molecular flexibility index (Phi) is 2.24. The van der Waals surface area contributed by atoms with Crippen LogP contribution in [0.25, 0.3) is 4.98 Å². The highest BCUT2D eigenvalue weighted by molar-refractivity contribution is 5.53. The number of diazo groups is 1. The second kappa shape index (κ2) is 3.18. The number of hydrogen-bond donors (Lipinski definition) is 0. The van der Waals surface area contributed by atoms with Crippen molar-refractivity contribution in [1.29, 1.82) is 5.39 Å². The molecule has 0 amide bonds. The first kappa shape index (κ1) is 8.47. The topological polar surface area (TPSA) is 44.3 Å². The minimum Gasteiger partial charge on any atom is -0.363 e. The molecule has 62 valence electrons. The van der Waals surface area contributed by atoms with E-state index in [1.807, 2.05) is 25.9 Å². The lowest BCUT2D eigenvalue weighted by atomic mass is 10.2. The van der Waals surface area contributed by atoms with Crippen LogP contribution in [0, 0.1) is 12.3 Å². The van der Waals surface area contributed by atoms with Gasteiger partial charge in [0.15, 0.2) is 4.98 Å². The minimum atomic E-state index is 0.484. The molecule has 12 heavy (non-hydrogen) atoms. The molecular formula is C8H11N4+. The second-order valence-corrected chi connectivity index (χ2v) is 2.83. The average molecular weight is 163 g/mol. The molecule has 1 aromatic rings. The fourth-order valence-corrected chi connectivity index (χ4v) is 1.08. The molecule has 0 aliphatic heterocycles. The fraction of sp³-hybridized carbons (Fsp3) is 0.375. The summed E-state index contributed by atoms with van der Waals surface area (Å²) in [7, 11) is 3.84. The van der Waals surface area contributed by atoms with Crippen LogP contribution in [0.15, 0.2) is 12.3 Å². The van der Waals surface area contributed by atoms with E-state index in [1.54, 1.807) is 6.07 Å². The minimum absolute atomic E-state index is 0.484. The van der Waals surface area contributed by atoms with Gasteiger partial charge in [0.1, 0.15) is 12.0 Å². The largest absolute Gasteiger partial charge is 0.403 e. The van der Waals surface area contributed by atoms with Gasteiger partial charge >= 0.3 is 5.69 Å². The van der Waals surface area contributed by atoms with Gasteiger partial charge in [0.05, 0.1) is 0 Å². The first-order valence-electron chi connectivity index (χ1n) is 3.64. The summed E-state index contributed by atoms with van der Waals surface area (Å²) in [5.74, 6) is 0.891. The number of pyridine rings is 1. The van der Waals surface area contributed by atoms with Gasteiger partial charge in [-0.15, -0.1) is 0 Å². The third-order valence-electron chi connectivity index (χ3n) is 1.58. The van der Waals surface area contributed by atoms with Crippen molar-refractivity contribution in [1.82, 2.24) is 4.98 Å². The molecule has 0 radical (unpaired) electrons. The Balaban J connectivity index is 3.14. The van der Waals surface area contributed by atoms with Gasteiger partial charge in [0.25, 0.3) is 0 Å². The lowest BCUT2D eigenvalue weighted by molar-refractivity contribution is 1.05. The molecule has 0 spiro atoms. The van der Waals surface area contributed by atoms with Gasteiger partial charge in [-0.1, -0.05) is 0 Å². The molecule has 0 aliphatic rings. The van der Waals surface area contributed by atoms with Crippen LogP contribution < -0.4 is 4.90 Å². The molecule has 0 aromatic carbocycles. The van der Waals surface area contributed by atoms with Crippen molar-refractivity contribution in [2.45, 2.75) is 6.92 Å². The van der Waals surface area contributed by atoms with E-state index in [2.05, 4.69) is 9.96 Å². The molecule has 4 heteroatoms. The van der Waals surface area contributed by atoms with Crippen molar-refractivity contribution < 1.29 is 0 Å². The van der Waals surface area contributed by atoms with Crippen molar-refractivity contribution in [3.05, 3.63) is 22.8 Å². The number of anilines is 1. The fourth-order valence-electron chi connectivity index (χ4n) is 1.08. The van der Waals surface area contributed by atoms with Gasteiger partial charge in [0.2, 0.25) is 5.39 Å². The number of hydrogen-bond acceptors (Lipinski definition) is 3. The summed E-state index contributed by atoms with van der Waals surface area (Å²) in [6.07, 6.45) is 1.53. The van der Waals surface area contributed by atoms with Gasteiger partial charge < -0.3 is 4.90 Å². The number of aryl methyl sites for hydroxylation is 1. The van der Waals surface area contributed by atoms with Gasteiger partial charge in [-0.3, -0.25) is 0 Å². The second-order valence-electron chi connectivity index (χ2n) is 2.83. The quantitative estimate of drug-likeness (QED) is 0.594. The van der Waals surface area contributed by atoms with Crippen LogP contribution in [0.1, 0.15) is 5.56 Å². The lowest BCUT2D eigenvalue weighted by Crippen LogP contribution is -2.11. The van der Waals surface area contributed by atoms with Crippen LogP contribution in [0.4, 0.5) is 11.5 Å². The summed E-state index contributed by atoms with van der Waals surface area (Å²) in [5.41, 5.74) is 1.48. The maximum Gasteiger partial charge on any atom is 0.403 e. The molecule has 1 heterocycles. The molecule has 0 unspecified atom stereocenters. The predicted molar refractivity (Wildman–Crippen MR) is 48.0 cm³/mol. The maximum absolute atomic E-state index is 8.46. The van der Waals surface area contributed by atoms with Crippen LogP contribution in [0.3, 0.4) is 0 Å². The zero-order chi connectivity index (χ0) is 9.14. The molecule has 1 aromatic heterocycles. The predicted octanol–water partition coefficient (Wildman–Crippen LogP) is 1.94. The highest BCUT2D eigenvalue weighted by Gasteiger charge is 2.09. The number of nitrogens with zero attached hydrogens (tertiary/aromatic N) is 4. The highest BCUT2D eigenvalue weighted by atomic mass is 15.1. The number of aromatic nitrogens is 1. The van der Waals surface area contributed by atoms with Gasteiger partial charge in [0, 0.05) is 20.2 Å². The molecule has 0 saturated carbocycles. The van der Waals surface area contributed by atoms with Crippen LogP contribution >= 0.6 is 0 Å². The standard InChI is InChI=1S/C8H11N4/c1-6-4-7(11-9)5-10-8(6)12(2)3/h4-5H,1-3H3/q+1. The third kappa shape index (κ3) is 1.51. The van der Waals surface area contributed by atoms with E-state index in [-0.39, 0.29) is 0 Å². The maximum atomic E-state index is 8.46. The summed E-state index contributed by atoms with van der Waals surface area (Å²) in [5, 5.41) is 8.46. The van der Waals surface area contributed by atoms with Crippen molar-refractivity contribution in [3.8, 4) is 0 Å². The molecule has 0 aliphatic carbocycles. The molecule has 0 saturated heterocycles. The smallest absolute Gasteiger partial charge is 0.363 e. The first-order chi connectivity index (χ1) is 5.65. The van der Waals surface area contributed by atoms with E-state index in [4.69, 9.17) is 5.39 Å². The molecule has 0 N–H and O–H groups in total. The molecule has 0 bridgehead atoms. The summed E-state index contributed by atoms with van der Waals surface area (Å²) in [6, 6.07) is 1.78. The summed E-state index contributed by atoms with van der Waals surface area (Å²) < 4.78 is 0. The van der Waals surface area contributed by atoms with Crippen molar-refractivity contribution in [3.63, 3.8) is 0 Å². The van der Waals surface area contributed by atoms with Crippen LogP contribution in [0.2, 0.25) is 0 Å². The Morgan fingerprint density at radius 2 is 2.17 bits per heavy atom. The van der Waals surface area contributed by atoms with Crippen molar-refractivity contribution >= 4 is 11.5 Å². The Labute approximate surface area is 71.5 Å². The van der Waals surface area contributed by atoms with Gasteiger partial charge in [-0.25, -0.2) is 4.98 Å². The zero-order valence-corrected chi connectivity index (χ0v) is 7.44. The monoisotopic (exact) mass is 163 g/mol. The molecular weight excluding hydrogens is 152 g/mol. The van der Waals surface area contributed by atoms with E-state index in [0.717, 1.165) is 11.4 Å². The van der Waals surface area contributed by atoms with Gasteiger partial charge in [-0.2, -0.15) is 0 Å². The average Bonchev–Trinajstić information content (AvgIpc) is 2.03. The Morgan fingerprint density at radius 3 is 2.58 bits per heavy atom. The lowest BCUT2D eigenvalue weighted by Gasteiger charge is -2.11. The summed E-state index contributed by atoms with van der Waals surface area (Å²) >= 11 is 0. The Bertz CT molecular complexity index is 324.